The first-order valence-electron chi connectivity index (χ1n) is 9.39. The Morgan fingerprint density at radius 2 is 1.75 bits per heavy atom. The maximum atomic E-state index is 12.7. The van der Waals surface area contributed by atoms with Gasteiger partial charge in [0.2, 0.25) is 5.91 Å². The van der Waals surface area contributed by atoms with Crippen LogP contribution >= 0.6 is 0 Å². The monoisotopic (exact) mass is 383 g/mol. The van der Waals surface area contributed by atoms with E-state index in [0.29, 0.717) is 36.8 Å². The summed E-state index contributed by atoms with van der Waals surface area (Å²) in [4.78, 5) is 27.1. The Kier molecular flexibility index (Phi) is 7.00. The fourth-order valence-corrected chi connectivity index (χ4v) is 2.94. The Hall–Kier alpha value is -2.90. The third kappa shape index (κ3) is 5.55. The van der Waals surface area contributed by atoms with Crippen LogP contribution in [0.3, 0.4) is 0 Å². The zero-order valence-corrected chi connectivity index (χ0v) is 15.9. The first-order chi connectivity index (χ1) is 13.7. The molecule has 1 aliphatic heterocycles. The van der Waals surface area contributed by atoms with Crippen LogP contribution in [0.1, 0.15) is 17.3 Å². The fourth-order valence-electron chi connectivity index (χ4n) is 2.94. The van der Waals surface area contributed by atoms with Gasteiger partial charge in [-0.1, -0.05) is 12.1 Å². The summed E-state index contributed by atoms with van der Waals surface area (Å²) in [6.07, 6.45) is 0. The van der Waals surface area contributed by atoms with Gasteiger partial charge in [0.1, 0.15) is 5.75 Å². The molecule has 0 aromatic heterocycles. The summed E-state index contributed by atoms with van der Waals surface area (Å²) < 4.78 is 10.7. The van der Waals surface area contributed by atoms with Crippen LogP contribution in [0.2, 0.25) is 0 Å². The maximum Gasteiger partial charge on any atom is 0.257 e. The number of carbonyl (C=O) groups excluding carboxylic acids is 2. The van der Waals surface area contributed by atoms with Crippen molar-refractivity contribution in [3.8, 4) is 5.75 Å². The van der Waals surface area contributed by atoms with E-state index in [-0.39, 0.29) is 18.4 Å². The predicted molar refractivity (Wildman–Crippen MR) is 108 cm³/mol. The topological polar surface area (TPSA) is 79.9 Å². The van der Waals surface area contributed by atoms with Crippen LogP contribution in [0, 0.1) is 0 Å². The molecule has 2 N–H and O–H groups in total. The summed E-state index contributed by atoms with van der Waals surface area (Å²) in [6, 6.07) is 14.1. The fraction of sp³-hybridized carbons (Fsp3) is 0.333. The zero-order valence-electron chi connectivity index (χ0n) is 15.9. The minimum atomic E-state index is -0.286. The molecule has 1 aliphatic rings. The van der Waals surface area contributed by atoms with Crippen LogP contribution in [0.15, 0.2) is 48.5 Å². The van der Waals surface area contributed by atoms with Gasteiger partial charge in [0.15, 0.2) is 0 Å². The quantitative estimate of drug-likeness (QED) is 0.768. The summed E-state index contributed by atoms with van der Waals surface area (Å²) >= 11 is 0. The Labute approximate surface area is 164 Å². The molecule has 0 aliphatic carbocycles. The summed E-state index contributed by atoms with van der Waals surface area (Å²) in [5.74, 6) is 0.311. The van der Waals surface area contributed by atoms with Gasteiger partial charge in [-0.15, -0.1) is 0 Å². The third-order valence-corrected chi connectivity index (χ3v) is 4.34. The van der Waals surface area contributed by atoms with Crippen molar-refractivity contribution in [2.24, 2.45) is 0 Å². The number of benzene rings is 2. The molecule has 1 saturated heterocycles. The van der Waals surface area contributed by atoms with E-state index in [1.807, 2.05) is 11.8 Å². The summed E-state index contributed by atoms with van der Waals surface area (Å²) in [5.41, 5.74) is 1.55. The normalized spacial score (nSPS) is 14.3. The van der Waals surface area contributed by atoms with Gasteiger partial charge in [-0.05, 0) is 43.3 Å². The van der Waals surface area contributed by atoms with Crippen LogP contribution in [0.25, 0.3) is 0 Å². The number of hydrogen-bond donors (Lipinski definition) is 2. The van der Waals surface area contributed by atoms with Crippen LogP contribution in [-0.4, -0.2) is 56.2 Å². The van der Waals surface area contributed by atoms with Gasteiger partial charge >= 0.3 is 0 Å². The summed E-state index contributed by atoms with van der Waals surface area (Å²) in [7, 11) is 0. The van der Waals surface area contributed by atoms with Gasteiger partial charge in [0, 0.05) is 18.8 Å². The molecule has 7 nitrogen and oxygen atoms in total. The predicted octanol–water partition coefficient (Wildman–Crippen LogP) is 2.61. The molecule has 148 valence electrons. The van der Waals surface area contributed by atoms with Crippen molar-refractivity contribution in [3.05, 3.63) is 54.1 Å². The number of nitrogens with zero attached hydrogens (tertiary/aromatic N) is 1. The molecular weight excluding hydrogens is 358 g/mol. The molecule has 0 saturated carbocycles. The number of anilines is 2. The first-order valence-corrected chi connectivity index (χ1v) is 9.39. The lowest BCUT2D eigenvalue weighted by Crippen LogP contribution is -2.41. The smallest absolute Gasteiger partial charge is 0.257 e. The summed E-state index contributed by atoms with van der Waals surface area (Å²) in [5, 5.41) is 5.70. The van der Waals surface area contributed by atoms with Crippen molar-refractivity contribution in [1.82, 2.24) is 4.90 Å². The van der Waals surface area contributed by atoms with Gasteiger partial charge < -0.3 is 20.1 Å². The molecule has 1 fully saturated rings. The van der Waals surface area contributed by atoms with E-state index in [0.717, 1.165) is 18.8 Å². The molecule has 2 aromatic rings. The zero-order chi connectivity index (χ0) is 19.8. The molecule has 0 atom stereocenters. The van der Waals surface area contributed by atoms with Crippen LogP contribution in [0.4, 0.5) is 11.4 Å². The van der Waals surface area contributed by atoms with Crippen molar-refractivity contribution >= 4 is 23.2 Å². The minimum absolute atomic E-state index is 0.150. The van der Waals surface area contributed by atoms with Gasteiger partial charge in [-0.3, -0.25) is 14.5 Å². The Morgan fingerprint density at radius 3 is 2.46 bits per heavy atom. The molecular formula is C21H25N3O4. The molecule has 0 radical (unpaired) electrons. The SMILES string of the molecule is CCOc1ccc(NC(=O)c2ccccc2NC(=O)CN2CCOCC2)cc1. The molecule has 0 bridgehead atoms. The van der Waals surface area contributed by atoms with E-state index >= 15 is 0 Å². The van der Waals surface area contributed by atoms with E-state index in [2.05, 4.69) is 10.6 Å². The largest absolute Gasteiger partial charge is 0.494 e. The highest BCUT2D eigenvalue weighted by Crippen LogP contribution is 2.20. The molecule has 7 heteroatoms. The number of para-hydroxylation sites is 1. The Bertz CT molecular complexity index is 802. The van der Waals surface area contributed by atoms with Crippen molar-refractivity contribution in [2.75, 3.05) is 50.1 Å². The molecule has 3 rings (SSSR count). The second-order valence-corrected chi connectivity index (χ2v) is 6.39. The number of ether oxygens (including phenoxy) is 2. The number of morpholine rings is 1. The van der Waals surface area contributed by atoms with Crippen molar-refractivity contribution in [2.45, 2.75) is 6.92 Å². The standard InChI is InChI=1S/C21H25N3O4/c1-2-28-17-9-7-16(8-10-17)22-21(26)18-5-3-4-6-19(18)23-20(25)15-24-11-13-27-14-12-24/h3-10H,2,11-15H2,1H3,(H,22,26)(H,23,25). The Morgan fingerprint density at radius 1 is 1.04 bits per heavy atom. The number of carbonyl (C=O) groups is 2. The average molecular weight is 383 g/mol. The molecule has 1 heterocycles. The highest BCUT2D eigenvalue weighted by atomic mass is 16.5. The lowest BCUT2D eigenvalue weighted by Gasteiger charge is -2.25. The van der Waals surface area contributed by atoms with Gasteiger partial charge in [-0.2, -0.15) is 0 Å². The molecule has 28 heavy (non-hydrogen) atoms. The van der Waals surface area contributed by atoms with Gasteiger partial charge in [0.25, 0.3) is 5.91 Å². The number of rotatable bonds is 7. The van der Waals surface area contributed by atoms with E-state index in [4.69, 9.17) is 9.47 Å². The lowest BCUT2D eigenvalue weighted by atomic mass is 10.1. The van der Waals surface area contributed by atoms with Crippen molar-refractivity contribution in [3.63, 3.8) is 0 Å². The van der Waals surface area contributed by atoms with Crippen LogP contribution < -0.4 is 15.4 Å². The number of hydrogen-bond acceptors (Lipinski definition) is 5. The molecule has 2 amide bonds. The van der Waals surface area contributed by atoms with E-state index in [9.17, 15) is 9.59 Å². The highest BCUT2D eigenvalue weighted by molar-refractivity contribution is 6.10. The van der Waals surface area contributed by atoms with Crippen molar-refractivity contribution < 1.29 is 19.1 Å². The van der Waals surface area contributed by atoms with E-state index < -0.39 is 0 Å². The molecule has 0 spiro atoms. The molecule has 2 aromatic carbocycles. The van der Waals surface area contributed by atoms with Gasteiger partial charge in [0.05, 0.1) is 37.6 Å². The van der Waals surface area contributed by atoms with E-state index in [1.165, 1.54) is 0 Å². The molecule has 0 unspecified atom stereocenters. The average Bonchev–Trinajstić information content (AvgIpc) is 2.71. The third-order valence-electron chi connectivity index (χ3n) is 4.34. The lowest BCUT2D eigenvalue weighted by molar-refractivity contribution is -0.118. The number of nitrogens with one attached hydrogen (secondary N) is 2. The van der Waals surface area contributed by atoms with Crippen LogP contribution in [0.5, 0.6) is 5.75 Å². The number of amides is 2. The summed E-state index contributed by atoms with van der Waals surface area (Å²) in [6.45, 7) is 5.50. The second kappa shape index (κ2) is 9.87. The highest BCUT2D eigenvalue weighted by Gasteiger charge is 2.17. The second-order valence-electron chi connectivity index (χ2n) is 6.39. The minimum Gasteiger partial charge on any atom is -0.494 e. The first kappa shape index (κ1) is 19.9. The van der Waals surface area contributed by atoms with E-state index in [1.54, 1.807) is 48.5 Å². The maximum absolute atomic E-state index is 12.7. The van der Waals surface area contributed by atoms with Crippen molar-refractivity contribution in [1.29, 1.82) is 0 Å². The van der Waals surface area contributed by atoms with Gasteiger partial charge in [-0.25, -0.2) is 0 Å². The van der Waals surface area contributed by atoms with Crippen LogP contribution in [-0.2, 0) is 9.53 Å². The Balaban J connectivity index is 1.63.